The standard InChI is InChI=1S/C19H21NO4S/c1-12-7-8-15(23-2)14(9-12)20-18(21)11-24-19(22)17-10-13-5-3-4-6-16(13)25-17/h7-10H,3-6,11H2,1-2H3,(H,20,21). The van der Waals surface area contributed by atoms with Crippen molar-refractivity contribution in [3.05, 3.63) is 45.1 Å². The highest BCUT2D eigenvalue weighted by molar-refractivity contribution is 7.14. The molecule has 1 N–H and O–H groups in total. The fraction of sp³-hybridized carbons (Fsp3) is 0.368. The van der Waals surface area contributed by atoms with Gasteiger partial charge in [-0.15, -0.1) is 11.3 Å². The summed E-state index contributed by atoms with van der Waals surface area (Å²) in [6.45, 7) is 1.60. The molecule has 0 spiro atoms. The number of ether oxygens (including phenoxy) is 2. The first kappa shape index (κ1) is 17.5. The smallest absolute Gasteiger partial charge is 0.348 e. The third-order valence-corrected chi connectivity index (χ3v) is 5.38. The molecule has 0 saturated heterocycles. The van der Waals surface area contributed by atoms with E-state index < -0.39 is 11.9 Å². The molecule has 1 aliphatic carbocycles. The predicted octanol–water partition coefficient (Wildman–Crippen LogP) is 3.74. The summed E-state index contributed by atoms with van der Waals surface area (Å²) in [6.07, 6.45) is 4.38. The summed E-state index contributed by atoms with van der Waals surface area (Å²) in [6, 6.07) is 7.40. The molecule has 1 aromatic carbocycles. The number of thiophene rings is 1. The van der Waals surface area contributed by atoms with Crippen molar-refractivity contribution in [2.75, 3.05) is 19.0 Å². The minimum Gasteiger partial charge on any atom is -0.495 e. The van der Waals surface area contributed by atoms with Crippen molar-refractivity contribution >= 4 is 28.9 Å². The van der Waals surface area contributed by atoms with Crippen LogP contribution in [0.4, 0.5) is 5.69 Å². The Kier molecular flexibility index (Phi) is 5.38. The van der Waals surface area contributed by atoms with Gasteiger partial charge in [0.15, 0.2) is 6.61 Å². The highest BCUT2D eigenvalue weighted by atomic mass is 32.1. The molecule has 1 aliphatic rings. The van der Waals surface area contributed by atoms with Crippen LogP contribution in [-0.4, -0.2) is 25.6 Å². The molecule has 1 amide bonds. The monoisotopic (exact) mass is 359 g/mol. The highest BCUT2D eigenvalue weighted by Crippen LogP contribution is 2.30. The first-order valence-electron chi connectivity index (χ1n) is 8.30. The topological polar surface area (TPSA) is 64.6 Å². The fourth-order valence-electron chi connectivity index (χ4n) is 2.90. The minimum absolute atomic E-state index is 0.321. The van der Waals surface area contributed by atoms with Crippen LogP contribution in [0.3, 0.4) is 0 Å². The van der Waals surface area contributed by atoms with Crippen LogP contribution in [0.2, 0.25) is 0 Å². The van der Waals surface area contributed by atoms with Crippen molar-refractivity contribution < 1.29 is 19.1 Å². The van der Waals surface area contributed by atoms with E-state index in [-0.39, 0.29) is 6.61 Å². The lowest BCUT2D eigenvalue weighted by Crippen LogP contribution is -2.21. The number of amides is 1. The maximum Gasteiger partial charge on any atom is 0.348 e. The molecular formula is C19H21NO4S. The zero-order valence-corrected chi connectivity index (χ0v) is 15.2. The molecule has 0 radical (unpaired) electrons. The molecule has 3 rings (SSSR count). The highest BCUT2D eigenvalue weighted by Gasteiger charge is 2.19. The molecule has 132 valence electrons. The maximum absolute atomic E-state index is 12.2. The van der Waals surface area contributed by atoms with Gasteiger partial charge in [0.25, 0.3) is 5.91 Å². The maximum atomic E-state index is 12.2. The van der Waals surface area contributed by atoms with Crippen LogP contribution in [0.15, 0.2) is 24.3 Å². The molecule has 0 fully saturated rings. The van der Waals surface area contributed by atoms with Crippen molar-refractivity contribution in [2.24, 2.45) is 0 Å². The number of esters is 1. The fourth-order valence-corrected chi connectivity index (χ4v) is 4.05. The summed E-state index contributed by atoms with van der Waals surface area (Å²) in [7, 11) is 1.54. The molecule has 0 saturated carbocycles. The second kappa shape index (κ2) is 7.70. The Labute approximate surface area is 151 Å². The minimum atomic E-state index is -0.439. The second-order valence-electron chi connectivity index (χ2n) is 6.09. The lowest BCUT2D eigenvalue weighted by atomic mass is 9.99. The van der Waals surface area contributed by atoms with E-state index >= 15 is 0 Å². The molecule has 1 aromatic heterocycles. The van der Waals surface area contributed by atoms with Crippen molar-refractivity contribution in [3.8, 4) is 5.75 Å². The zero-order chi connectivity index (χ0) is 17.8. The number of aryl methyl sites for hydroxylation is 3. The number of hydrogen-bond acceptors (Lipinski definition) is 5. The van der Waals surface area contributed by atoms with E-state index in [1.54, 1.807) is 13.2 Å². The van der Waals surface area contributed by atoms with E-state index in [0.717, 1.165) is 18.4 Å². The van der Waals surface area contributed by atoms with Crippen LogP contribution in [0.25, 0.3) is 0 Å². The van der Waals surface area contributed by atoms with Crippen molar-refractivity contribution in [1.82, 2.24) is 0 Å². The van der Waals surface area contributed by atoms with Gasteiger partial charge in [-0.3, -0.25) is 4.79 Å². The Hall–Kier alpha value is -2.34. The molecule has 0 atom stereocenters. The number of anilines is 1. The number of carbonyl (C=O) groups excluding carboxylic acids is 2. The first-order valence-corrected chi connectivity index (χ1v) is 9.11. The lowest BCUT2D eigenvalue weighted by Gasteiger charge is -2.11. The van der Waals surface area contributed by atoms with Crippen LogP contribution in [0.5, 0.6) is 5.75 Å². The van der Waals surface area contributed by atoms with Crippen molar-refractivity contribution in [3.63, 3.8) is 0 Å². The summed E-state index contributed by atoms with van der Waals surface area (Å²) >= 11 is 1.48. The van der Waals surface area contributed by atoms with Gasteiger partial charge in [-0.2, -0.15) is 0 Å². The number of carbonyl (C=O) groups is 2. The van der Waals surface area contributed by atoms with Gasteiger partial charge in [0.1, 0.15) is 10.6 Å². The number of benzene rings is 1. The molecule has 6 heteroatoms. The van der Waals surface area contributed by atoms with E-state index in [1.165, 1.54) is 34.6 Å². The van der Waals surface area contributed by atoms with Crippen LogP contribution < -0.4 is 10.1 Å². The number of fused-ring (bicyclic) bond motifs is 1. The summed E-state index contributed by atoms with van der Waals surface area (Å²) in [5, 5.41) is 2.72. The van der Waals surface area contributed by atoms with E-state index in [0.29, 0.717) is 16.3 Å². The quantitative estimate of drug-likeness (QED) is 0.826. The van der Waals surface area contributed by atoms with Gasteiger partial charge in [0.05, 0.1) is 12.8 Å². The largest absolute Gasteiger partial charge is 0.495 e. The van der Waals surface area contributed by atoms with E-state index in [4.69, 9.17) is 9.47 Å². The average molecular weight is 359 g/mol. The molecule has 1 heterocycles. The number of rotatable bonds is 5. The average Bonchev–Trinajstić information content (AvgIpc) is 3.04. The second-order valence-corrected chi connectivity index (χ2v) is 7.23. The van der Waals surface area contributed by atoms with Gasteiger partial charge < -0.3 is 14.8 Å². The number of hydrogen-bond donors (Lipinski definition) is 1. The Morgan fingerprint density at radius 3 is 2.76 bits per heavy atom. The van der Waals surface area contributed by atoms with E-state index in [2.05, 4.69) is 5.32 Å². The molecule has 0 aliphatic heterocycles. The molecule has 0 unspecified atom stereocenters. The van der Waals surface area contributed by atoms with E-state index in [1.807, 2.05) is 25.1 Å². The first-order chi connectivity index (χ1) is 12.1. The third-order valence-electron chi connectivity index (χ3n) is 4.16. The SMILES string of the molecule is COc1ccc(C)cc1NC(=O)COC(=O)c1cc2c(s1)CCCC2. The van der Waals surface area contributed by atoms with Gasteiger partial charge in [-0.1, -0.05) is 6.07 Å². The number of nitrogens with one attached hydrogen (secondary N) is 1. The van der Waals surface area contributed by atoms with Gasteiger partial charge in [0.2, 0.25) is 0 Å². The third kappa shape index (κ3) is 4.20. The summed E-state index contributed by atoms with van der Waals surface area (Å²) in [5.41, 5.74) is 2.81. The molecule has 5 nitrogen and oxygen atoms in total. The predicted molar refractivity (Wildman–Crippen MR) is 97.6 cm³/mol. The van der Waals surface area contributed by atoms with Crippen molar-refractivity contribution in [1.29, 1.82) is 0 Å². The summed E-state index contributed by atoms with van der Waals surface area (Å²) in [4.78, 5) is 26.1. The van der Waals surface area contributed by atoms with Crippen molar-refractivity contribution in [2.45, 2.75) is 32.6 Å². The van der Waals surface area contributed by atoms with Crippen LogP contribution in [0, 0.1) is 6.92 Å². The van der Waals surface area contributed by atoms with Crippen LogP contribution in [-0.2, 0) is 22.4 Å². The number of methoxy groups -OCH3 is 1. The zero-order valence-electron chi connectivity index (χ0n) is 14.4. The Morgan fingerprint density at radius 1 is 1.20 bits per heavy atom. The lowest BCUT2D eigenvalue weighted by molar-refractivity contribution is -0.119. The Bertz CT molecular complexity index is 773. The van der Waals surface area contributed by atoms with Gasteiger partial charge in [0, 0.05) is 4.88 Å². The van der Waals surface area contributed by atoms with E-state index in [9.17, 15) is 9.59 Å². The van der Waals surface area contributed by atoms with Crippen LogP contribution >= 0.6 is 11.3 Å². The summed E-state index contributed by atoms with van der Waals surface area (Å²) < 4.78 is 10.4. The molecule has 0 bridgehead atoms. The van der Waals surface area contributed by atoms with Gasteiger partial charge in [-0.05, 0) is 61.9 Å². The molecule has 25 heavy (non-hydrogen) atoms. The van der Waals surface area contributed by atoms with Gasteiger partial charge >= 0.3 is 5.97 Å². The molecule has 2 aromatic rings. The van der Waals surface area contributed by atoms with Crippen LogP contribution in [0.1, 0.15) is 38.5 Å². The molecular weight excluding hydrogens is 338 g/mol. The Balaban J connectivity index is 1.58. The Morgan fingerprint density at radius 2 is 2.00 bits per heavy atom. The van der Waals surface area contributed by atoms with Gasteiger partial charge in [-0.25, -0.2) is 4.79 Å². The summed E-state index contributed by atoms with van der Waals surface area (Å²) in [5.74, 6) is -0.263. The normalized spacial score (nSPS) is 13.0.